The molecule has 0 spiro atoms. The number of nitrogens with zero attached hydrogens (tertiary/aromatic N) is 1. The van der Waals surface area contributed by atoms with Crippen molar-refractivity contribution in [1.29, 1.82) is 0 Å². The summed E-state index contributed by atoms with van der Waals surface area (Å²) < 4.78 is 4.93. The Balaban J connectivity index is 1.72. The van der Waals surface area contributed by atoms with Crippen LogP contribution in [-0.2, 0) is 16.1 Å². The van der Waals surface area contributed by atoms with E-state index >= 15 is 0 Å². The highest BCUT2D eigenvalue weighted by Crippen LogP contribution is 2.33. The van der Waals surface area contributed by atoms with Crippen molar-refractivity contribution in [2.75, 3.05) is 6.61 Å². The van der Waals surface area contributed by atoms with Crippen LogP contribution in [0.4, 0.5) is 4.79 Å². The van der Waals surface area contributed by atoms with Gasteiger partial charge >= 0.3 is 5.97 Å². The molecule has 0 aliphatic carbocycles. The summed E-state index contributed by atoms with van der Waals surface area (Å²) in [5.41, 5.74) is 1.87. The highest BCUT2D eigenvalue weighted by atomic mass is 32.2. The van der Waals surface area contributed by atoms with Gasteiger partial charge in [0.25, 0.3) is 11.1 Å². The largest absolute Gasteiger partial charge is 0.508 e. The van der Waals surface area contributed by atoms with E-state index in [0.717, 1.165) is 27.8 Å². The zero-order chi connectivity index (χ0) is 19.4. The number of amides is 2. The summed E-state index contributed by atoms with van der Waals surface area (Å²) in [6.45, 7) is 2.16. The molecule has 2 aromatic carbocycles. The third-order valence-electron chi connectivity index (χ3n) is 3.87. The first-order valence-corrected chi connectivity index (χ1v) is 9.10. The number of aromatic hydroxyl groups is 1. The van der Waals surface area contributed by atoms with Crippen molar-refractivity contribution in [1.82, 2.24) is 4.90 Å². The molecule has 1 aliphatic rings. The number of benzene rings is 2. The second-order valence-electron chi connectivity index (χ2n) is 5.78. The number of hydrogen-bond acceptors (Lipinski definition) is 6. The number of phenols is 1. The van der Waals surface area contributed by atoms with E-state index in [1.54, 1.807) is 49.4 Å². The van der Waals surface area contributed by atoms with E-state index in [1.807, 2.05) is 0 Å². The van der Waals surface area contributed by atoms with Crippen molar-refractivity contribution >= 4 is 35.0 Å². The summed E-state index contributed by atoms with van der Waals surface area (Å²) in [7, 11) is 0. The van der Waals surface area contributed by atoms with Gasteiger partial charge in [0, 0.05) is 0 Å². The van der Waals surface area contributed by atoms with Crippen LogP contribution in [0.5, 0.6) is 5.75 Å². The standard InChI is InChI=1S/C20H17NO5S/c1-2-26-19(24)15-7-3-14(4-8-15)12-21-18(23)17(27-20(21)25)11-13-5-9-16(22)10-6-13/h3-11,22H,2,12H2,1H3/b17-11-. The van der Waals surface area contributed by atoms with Crippen molar-refractivity contribution in [3.05, 3.63) is 70.1 Å². The zero-order valence-electron chi connectivity index (χ0n) is 14.5. The second-order valence-corrected chi connectivity index (χ2v) is 6.77. The Kier molecular flexibility index (Phi) is 5.61. The molecule has 1 heterocycles. The van der Waals surface area contributed by atoms with Crippen molar-refractivity contribution in [2.45, 2.75) is 13.5 Å². The maximum Gasteiger partial charge on any atom is 0.338 e. The quantitative estimate of drug-likeness (QED) is 0.624. The summed E-state index contributed by atoms with van der Waals surface area (Å²) in [6.07, 6.45) is 1.62. The summed E-state index contributed by atoms with van der Waals surface area (Å²) >= 11 is 0.877. The van der Waals surface area contributed by atoms with E-state index in [9.17, 15) is 19.5 Å². The van der Waals surface area contributed by atoms with Crippen LogP contribution < -0.4 is 0 Å². The Labute approximate surface area is 160 Å². The van der Waals surface area contributed by atoms with Gasteiger partial charge in [0.1, 0.15) is 5.75 Å². The van der Waals surface area contributed by atoms with Gasteiger partial charge in [-0.05, 0) is 60.2 Å². The van der Waals surface area contributed by atoms with Gasteiger partial charge in [-0.15, -0.1) is 0 Å². The van der Waals surface area contributed by atoms with Gasteiger partial charge in [-0.2, -0.15) is 0 Å². The molecule has 0 unspecified atom stereocenters. The molecule has 138 valence electrons. The molecule has 0 aromatic heterocycles. The summed E-state index contributed by atoms with van der Waals surface area (Å²) in [6, 6.07) is 13.0. The maximum atomic E-state index is 12.5. The second kappa shape index (κ2) is 8.09. The van der Waals surface area contributed by atoms with Crippen LogP contribution in [0.2, 0.25) is 0 Å². The maximum absolute atomic E-state index is 12.5. The van der Waals surface area contributed by atoms with E-state index in [1.165, 1.54) is 12.1 Å². The topological polar surface area (TPSA) is 83.9 Å². The lowest BCUT2D eigenvalue weighted by atomic mass is 10.1. The van der Waals surface area contributed by atoms with Crippen LogP contribution in [0, 0.1) is 0 Å². The van der Waals surface area contributed by atoms with Gasteiger partial charge in [0.2, 0.25) is 0 Å². The summed E-state index contributed by atoms with van der Waals surface area (Å²) in [4.78, 5) is 37.9. The molecule has 0 bridgehead atoms. The third kappa shape index (κ3) is 4.38. The highest BCUT2D eigenvalue weighted by Gasteiger charge is 2.34. The van der Waals surface area contributed by atoms with Crippen LogP contribution in [0.15, 0.2) is 53.4 Å². The molecule has 0 atom stereocenters. The molecule has 27 heavy (non-hydrogen) atoms. The summed E-state index contributed by atoms with van der Waals surface area (Å²) in [5.74, 6) is -0.647. The Bertz CT molecular complexity index is 903. The number of carbonyl (C=O) groups is 3. The molecule has 1 fully saturated rings. The first kappa shape index (κ1) is 18.7. The molecular formula is C20H17NO5S. The van der Waals surface area contributed by atoms with Gasteiger partial charge in [-0.3, -0.25) is 14.5 Å². The van der Waals surface area contributed by atoms with Gasteiger partial charge < -0.3 is 9.84 Å². The number of esters is 1. The van der Waals surface area contributed by atoms with Crippen LogP contribution >= 0.6 is 11.8 Å². The van der Waals surface area contributed by atoms with Crippen molar-refractivity contribution in [3.63, 3.8) is 0 Å². The number of ether oxygens (including phenoxy) is 1. The van der Waals surface area contributed by atoms with Crippen LogP contribution in [-0.4, -0.2) is 33.7 Å². The van der Waals surface area contributed by atoms with E-state index < -0.39 is 5.97 Å². The number of thioether (sulfide) groups is 1. The predicted molar refractivity (Wildman–Crippen MR) is 102 cm³/mol. The lowest BCUT2D eigenvalue weighted by Gasteiger charge is -2.12. The highest BCUT2D eigenvalue weighted by molar-refractivity contribution is 8.18. The minimum absolute atomic E-state index is 0.126. The lowest BCUT2D eigenvalue weighted by molar-refractivity contribution is -0.123. The fraction of sp³-hybridized carbons (Fsp3) is 0.150. The molecule has 1 aliphatic heterocycles. The van der Waals surface area contributed by atoms with Crippen molar-refractivity contribution < 1.29 is 24.2 Å². The summed E-state index contributed by atoms with van der Waals surface area (Å²) in [5, 5.41) is 8.97. The van der Waals surface area contributed by atoms with Crippen molar-refractivity contribution in [3.8, 4) is 5.75 Å². The predicted octanol–water partition coefficient (Wildman–Crippen LogP) is 3.81. The molecule has 2 aromatic rings. The van der Waals surface area contributed by atoms with E-state index in [-0.39, 0.29) is 23.4 Å². The van der Waals surface area contributed by atoms with Gasteiger partial charge in [-0.25, -0.2) is 4.79 Å². The fourth-order valence-corrected chi connectivity index (χ4v) is 3.34. The number of rotatable bonds is 5. The normalized spacial score (nSPS) is 15.4. The number of hydrogen-bond donors (Lipinski definition) is 1. The molecule has 1 saturated heterocycles. The molecule has 0 saturated carbocycles. The molecule has 3 rings (SSSR count). The fourth-order valence-electron chi connectivity index (χ4n) is 2.50. The van der Waals surface area contributed by atoms with E-state index in [2.05, 4.69) is 0 Å². The first-order valence-electron chi connectivity index (χ1n) is 8.28. The first-order chi connectivity index (χ1) is 13.0. The molecule has 6 nitrogen and oxygen atoms in total. The zero-order valence-corrected chi connectivity index (χ0v) is 15.4. The Hall–Kier alpha value is -3.06. The van der Waals surface area contributed by atoms with Crippen LogP contribution in [0.3, 0.4) is 0 Å². The monoisotopic (exact) mass is 383 g/mol. The smallest absolute Gasteiger partial charge is 0.338 e. The van der Waals surface area contributed by atoms with Crippen molar-refractivity contribution in [2.24, 2.45) is 0 Å². The van der Waals surface area contributed by atoms with Gasteiger partial charge in [0.15, 0.2) is 0 Å². The van der Waals surface area contributed by atoms with E-state index in [0.29, 0.717) is 17.1 Å². The van der Waals surface area contributed by atoms with Gasteiger partial charge in [0.05, 0.1) is 23.6 Å². The third-order valence-corrected chi connectivity index (χ3v) is 4.78. The van der Waals surface area contributed by atoms with E-state index in [4.69, 9.17) is 4.74 Å². The molecule has 7 heteroatoms. The lowest BCUT2D eigenvalue weighted by Crippen LogP contribution is -2.27. The Morgan fingerprint density at radius 3 is 2.41 bits per heavy atom. The Morgan fingerprint density at radius 1 is 1.11 bits per heavy atom. The average Bonchev–Trinajstić information content (AvgIpc) is 2.92. The number of carbonyl (C=O) groups excluding carboxylic acids is 3. The number of phenolic OH excluding ortho intramolecular Hbond substituents is 1. The molecule has 2 amide bonds. The van der Waals surface area contributed by atoms with Crippen LogP contribution in [0.25, 0.3) is 6.08 Å². The minimum atomic E-state index is -0.410. The SMILES string of the molecule is CCOC(=O)c1ccc(CN2C(=O)S/C(=C\c3ccc(O)cc3)C2=O)cc1. The Morgan fingerprint density at radius 2 is 1.78 bits per heavy atom. The average molecular weight is 383 g/mol. The molecular weight excluding hydrogens is 366 g/mol. The molecule has 1 N–H and O–H groups in total. The molecule has 0 radical (unpaired) electrons. The van der Waals surface area contributed by atoms with Crippen LogP contribution in [0.1, 0.15) is 28.4 Å². The number of imide groups is 1. The van der Waals surface area contributed by atoms with Gasteiger partial charge in [-0.1, -0.05) is 24.3 Å². The minimum Gasteiger partial charge on any atom is -0.508 e.